The second kappa shape index (κ2) is 5.26. The standard InChI is InChI=1S/C25H15N2O2/c1-3-7-18-13-22-20(11-16(18)5-1)26-9-10-27-21-12-17-6-2-4-8-19(17)14-23(21)29-25(27)15-24(26)28-22/h1-15H/q+1. The third-order valence-corrected chi connectivity index (χ3v) is 5.69. The zero-order valence-electron chi connectivity index (χ0n) is 15.4. The zero-order valence-corrected chi connectivity index (χ0v) is 15.4. The van der Waals surface area contributed by atoms with E-state index < -0.39 is 0 Å². The summed E-state index contributed by atoms with van der Waals surface area (Å²) in [5.74, 6) is 2.33. The molecule has 0 atom stereocenters. The molecule has 7 rings (SSSR count). The van der Waals surface area contributed by atoms with Crippen molar-refractivity contribution in [2.24, 2.45) is 0 Å². The Bertz CT molecular complexity index is 1540. The van der Waals surface area contributed by atoms with Crippen molar-refractivity contribution < 1.29 is 13.7 Å². The van der Waals surface area contributed by atoms with Gasteiger partial charge in [0.25, 0.3) is 5.52 Å². The SMILES string of the molecule is C1=C[n+]2c(oc3cc4ccccc4cc32)C=C2Oc3cc4ccccc4cc3N12. The van der Waals surface area contributed by atoms with E-state index in [0.717, 1.165) is 34.3 Å². The quantitative estimate of drug-likeness (QED) is 0.327. The van der Waals surface area contributed by atoms with Gasteiger partial charge in [0.1, 0.15) is 6.08 Å². The van der Waals surface area contributed by atoms with E-state index >= 15 is 0 Å². The molecule has 1 aromatic heterocycles. The van der Waals surface area contributed by atoms with Crippen LogP contribution in [0.25, 0.3) is 44.9 Å². The van der Waals surface area contributed by atoms with Crippen LogP contribution < -0.4 is 14.2 Å². The Morgan fingerprint density at radius 2 is 1.45 bits per heavy atom. The van der Waals surface area contributed by atoms with E-state index in [1.54, 1.807) is 0 Å². The fourth-order valence-corrected chi connectivity index (χ4v) is 4.26. The highest BCUT2D eigenvalue weighted by atomic mass is 16.5. The average molecular weight is 375 g/mol. The summed E-state index contributed by atoms with van der Waals surface area (Å²) in [5, 5.41) is 4.71. The Balaban J connectivity index is 1.43. The Morgan fingerprint density at radius 1 is 0.759 bits per heavy atom. The highest BCUT2D eigenvalue weighted by molar-refractivity contribution is 5.94. The normalized spacial score (nSPS) is 14.5. The number of anilines is 1. The summed E-state index contributed by atoms with van der Waals surface area (Å²) in [6.07, 6.45) is 6.02. The van der Waals surface area contributed by atoms with Crippen LogP contribution in [-0.4, -0.2) is 0 Å². The van der Waals surface area contributed by atoms with Crippen LogP contribution in [0.5, 0.6) is 5.75 Å². The van der Waals surface area contributed by atoms with Gasteiger partial charge in [-0.1, -0.05) is 48.5 Å². The van der Waals surface area contributed by atoms with Gasteiger partial charge in [0.15, 0.2) is 11.9 Å². The van der Waals surface area contributed by atoms with Gasteiger partial charge in [0, 0.05) is 6.07 Å². The minimum Gasteiger partial charge on any atom is -0.438 e. The molecular weight excluding hydrogens is 360 g/mol. The van der Waals surface area contributed by atoms with E-state index in [1.165, 1.54) is 21.5 Å². The molecule has 0 saturated heterocycles. The predicted octanol–water partition coefficient (Wildman–Crippen LogP) is 5.67. The number of oxazole rings is 1. The zero-order chi connectivity index (χ0) is 18.9. The first-order valence-electron chi connectivity index (χ1n) is 9.60. The van der Waals surface area contributed by atoms with Crippen molar-refractivity contribution in [2.45, 2.75) is 0 Å². The van der Waals surface area contributed by atoms with Gasteiger partial charge in [-0.25, -0.2) is 0 Å². The summed E-state index contributed by atoms with van der Waals surface area (Å²) in [5.41, 5.74) is 2.92. The van der Waals surface area contributed by atoms with Crippen LogP contribution in [0.1, 0.15) is 5.89 Å². The lowest BCUT2D eigenvalue weighted by molar-refractivity contribution is -0.547. The van der Waals surface area contributed by atoms with Gasteiger partial charge in [0.05, 0.1) is 11.9 Å². The largest absolute Gasteiger partial charge is 0.438 e. The van der Waals surface area contributed by atoms with Crippen LogP contribution in [0.15, 0.2) is 89.3 Å². The van der Waals surface area contributed by atoms with Crippen molar-refractivity contribution in [1.82, 2.24) is 0 Å². The second-order valence-corrected chi connectivity index (χ2v) is 7.40. The summed E-state index contributed by atoms with van der Waals surface area (Å²) in [4.78, 5) is 2.07. The van der Waals surface area contributed by atoms with Crippen molar-refractivity contribution in [3.05, 3.63) is 90.8 Å². The van der Waals surface area contributed by atoms with Crippen molar-refractivity contribution in [3.63, 3.8) is 0 Å². The van der Waals surface area contributed by atoms with E-state index in [-0.39, 0.29) is 0 Å². The summed E-state index contributed by atoms with van der Waals surface area (Å²) >= 11 is 0. The molecule has 0 spiro atoms. The van der Waals surface area contributed by atoms with E-state index in [9.17, 15) is 0 Å². The molecule has 0 unspecified atom stereocenters. The lowest BCUT2D eigenvalue weighted by atomic mass is 10.1. The van der Waals surface area contributed by atoms with E-state index in [4.69, 9.17) is 9.15 Å². The maximum Gasteiger partial charge on any atom is 0.385 e. The van der Waals surface area contributed by atoms with E-state index in [2.05, 4.69) is 70.1 Å². The third-order valence-electron chi connectivity index (χ3n) is 5.69. The minimum absolute atomic E-state index is 0.737. The highest BCUT2D eigenvalue weighted by Crippen LogP contribution is 2.43. The van der Waals surface area contributed by atoms with Gasteiger partial charge >= 0.3 is 5.89 Å². The lowest BCUT2D eigenvalue weighted by Gasteiger charge is -2.09. The molecule has 2 aliphatic heterocycles. The van der Waals surface area contributed by atoms with E-state index in [0.29, 0.717) is 0 Å². The first-order chi connectivity index (χ1) is 14.3. The molecule has 0 N–H and O–H groups in total. The first-order valence-corrected chi connectivity index (χ1v) is 9.60. The van der Waals surface area contributed by atoms with Crippen LogP contribution in [-0.2, 0) is 0 Å². The predicted molar refractivity (Wildman–Crippen MR) is 114 cm³/mol. The number of hydrogen-bond donors (Lipinski definition) is 0. The number of hydrogen-bond acceptors (Lipinski definition) is 3. The fraction of sp³-hybridized carbons (Fsp3) is 0. The van der Waals surface area contributed by atoms with Gasteiger partial charge in [-0.15, -0.1) is 4.57 Å². The maximum absolute atomic E-state index is 6.19. The van der Waals surface area contributed by atoms with Crippen LogP contribution >= 0.6 is 0 Å². The Labute approximate surface area is 166 Å². The molecule has 0 bridgehead atoms. The smallest absolute Gasteiger partial charge is 0.385 e. The van der Waals surface area contributed by atoms with E-state index in [1.807, 2.05) is 30.6 Å². The van der Waals surface area contributed by atoms with Gasteiger partial charge in [-0.2, -0.15) is 0 Å². The number of aromatic nitrogens is 1. The van der Waals surface area contributed by atoms with Gasteiger partial charge < -0.3 is 9.15 Å². The fourth-order valence-electron chi connectivity index (χ4n) is 4.26. The Hall–Kier alpha value is -4.05. The molecule has 3 heterocycles. The van der Waals surface area contributed by atoms with Crippen molar-refractivity contribution in [1.29, 1.82) is 0 Å². The molecule has 29 heavy (non-hydrogen) atoms. The van der Waals surface area contributed by atoms with Gasteiger partial charge in [-0.3, -0.25) is 4.90 Å². The lowest BCUT2D eigenvalue weighted by Crippen LogP contribution is -2.27. The molecule has 2 aliphatic rings. The summed E-state index contributed by atoms with van der Waals surface area (Å²) < 4.78 is 14.5. The van der Waals surface area contributed by atoms with Gasteiger partial charge in [-0.05, 0) is 39.7 Å². The van der Waals surface area contributed by atoms with Crippen LogP contribution in [0.4, 0.5) is 5.69 Å². The molecule has 5 aromatic rings. The number of nitrogens with zero attached hydrogens (tertiary/aromatic N) is 2. The molecular formula is C25H15N2O2+. The number of rotatable bonds is 0. The monoisotopic (exact) mass is 375 g/mol. The summed E-state index contributed by atoms with van der Waals surface area (Å²) in [7, 11) is 0. The molecule has 0 fully saturated rings. The Morgan fingerprint density at radius 3 is 2.24 bits per heavy atom. The second-order valence-electron chi connectivity index (χ2n) is 7.40. The van der Waals surface area contributed by atoms with Crippen LogP contribution in [0.2, 0.25) is 0 Å². The third kappa shape index (κ3) is 2.05. The average Bonchev–Trinajstić information content (AvgIpc) is 3.19. The summed E-state index contributed by atoms with van der Waals surface area (Å²) in [6, 6.07) is 25.2. The number of ether oxygens (including phenoxy) is 1. The van der Waals surface area contributed by atoms with Crippen LogP contribution in [0, 0.1) is 0 Å². The molecule has 4 nitrogen and oxygen atoms in total. The van der Waals surface area contributed by atoms with Crippen molar-refractivity contribution >= 4 is 50.6 Å². The minimum atomic E-state index is 0.737. The molecule has 4 aromatic carbocycles. The van der Waals surface area contributed by atoms with Crippen LogP contribution in [0.3, 0.4) is 0 Å². The maximum atomic E-state index is 6.19. The van der Waals surface area contributed by atoms with Gasteiger partial charge in [0.2, 0.25) is 11.5 Å². The molecule has 0 aliphatic carbocycles. The molecule has 0 radical (unpaired) electrons. The van der Waals surface area contributed by atoms with Crippen molar-refractivity contribution in [3.8, 4) is 5.75 Å². The van der Waals surface area contributed by atoms with Crippen molar-refractivity contribution in [2.75, 3.05) is 4.90 Å². The molecule has 0 amide bonds. The highest BCUT2D eigenvalue weighted by Gasteiger charge is 2.32. The number of fused-ring (bicyclic) bond motifs is 8. The summed E-state index contributed by atoms with van der Waals surface area (Å²) in [6.45, 7) is 0. The molecule has 4 heteroatoms. The Kier molecular flexibility index (Phi) is 2.71. The molecule has 0 saturated carbocycles. The number of benzene rings is 4. The topological polar surface area (TPSA) is 29.5 Å². The first kappa shape index (κ1) is 14.9. The molecule has 136 valence electrons.